The van der Waals surface area contributed by atoms with Crippen LogP contribution in [-0.4, -0.2) is 20.4 Å². The average molecular weight is 377 g/mol. The highest BCUT2D eigenvalue weighted by Gasteiger charge is 2.17. The Morgan fingerprint density at radius 2 is 1.92 bits per heavy atom. The number of rotatable bonds is 6. The average Bonchev–Trinajstić information content (AvgIpc) is 2.96. The number of nitrogens with zero attached hydrogens (tertiary/aromatic N) is 1. The van der Waals surface area contributed by atoms with E-state index in [9.17, 15) is 13.2 Å². The van der Waals surface area contributed by atoms with Crippen molar-refractivity contribution >= 4 is 32.3 Å². The zero-order valence-electron chi connectivity index (χ0n) is 14.2. The molecule has 0 saturated carbocycles. The summed E-state index contributed by atoms with van der Waals surface area (Å²) in [5, 5.41) is 12.4. The second-order valence-electron chi connectivity index (χ2n) is 5.68. The van der Waals surface area contributed by atoms with Gasteiger partial charge in [-0.25, -0.2) is 13.1 Å². The lowest BCUT2D eigenvalue weighted by Gasteiger charge is -2.10. The van der Waals surface area contributed by atoms with Gasteiger partial charge in [0.15, 0.2) is 0 Å². The first kappa shape index (κ1) is 19.1. The van der Waals surface area contributed by atoms with Crippen molar-refractivity contribution in [3.63, 3.8) is 0 Å². The van der Waals surface area contributed by atoms with Crippen LogP contribution in [0.1, 0.15) is 41.6 Å². The fourth-order valence-corrected chi connectivity index (χ4v) is 4.32. The van der Waals surface area contributed by atoms with Crippen molar-refractivity contribution in [1.29, 1.82) is 5.26 Å². The minimum absolute atomic E-state index is 0.0971. The van der Waals surface area contributed by atoms with Gasteiger partial charge in [-0.1, -0.05) is 6.92 Å². The molecule has 8 heteroatoms. The van der Waals surface area contributed by atoms with Crippen LogP contribution in [0.2, 0.25) is 0 Å². The third-order valence-corrected chi connectivity index (χ3v) is 6.17. The lowest BCUT2D eigenvalue weighted by molar-refractivity contribution is 0.102. The first-order valence-corrected chi connectivity index (χ1v) is 10.0. The normalized spacial score (nSPS) is 11.3. The van der Waals surface area contributed by atoms with Gasteiger partial charge in [0.2, 0.25) is 10.0 Å². The van der Waals surface area contributed by atoms with Crippen LogP contribution < -0.4 is 10.0 Å². The number of nitriles is 1. The zero-order valence-corrected chi connectivity index (χ0v) is 15.8. The van der Waals surface area contributed by atoms with E-state index in [-0.39, 0.29) is 16.8 Å². The lowest BCUT2D eigenvalue weighted by atomic mass is 10.2. The zero-order chi connectivity index (χ0) is 18.6. The Hall–Kier alpha value is -2.21. The predicted molar refractivity (Wildman–Crippen MR) is 98.3 cm³/mol. The van der Waals surface area contributed by atoms with Gasteiger partial charge in [-0.3, -0.25) is 4.79 Å². The SMILES string of the molecule is CCc1cc(C#N)c(NC(=O)c2ccc(S(=O)(=O)NC(C)C)cc2)s1. The molecule has 1 aromatic carbocycles. The smallest absolute Gasteiger partial charge is 0.256 e. The van der Waals surface area contributed by atoms with Gasteiger partial charge < -0.3 is 5.32 Å². The molecule has 1 aromatic heterocycles. The molecule has 6 nitrogen and oxygen atoms in total. The summed E-state index contributed by atoms with van der Waals surface area (Å²) in [6.07, 6.45) is 0.782. The molecule has 0 saturated heterocycles. The highest BCUT2D eigenvalue weighted by molar-refractivity contribution is 7.89. The Balaban J connectivity index is 2.19. The summed E-state index contributed by atoms with van der Waals surface area (Å²) in [6.45, 7) is 5.44. The molecule has 132 valence electrons. The molecule has 2 rings (SSSR count). The molecule has 0 spiro atoms. The number of carbonyl (C=O) groups is 1. The second kappa shape index (κ2) is 7.78. The summed E-state index contributed by atoms with van der Waals surface area (Å²) in [5.74, 6) is -0.387. The number of hydrogen-bond acceptors (Lipinski definition) is 5. The third kappa shape index (κ3) is 4.66. The molecule has 0 bridgehead atoms. The van der Waals surface area contributed by atoms with Gasteiger partial charge in [-0.05, 0) is 50.6 Å². The van der Waals surface area contributed by atoms with Crippen LogP contribution >= 0.6 is 11.3 Å². The maximum Gasteiger partial charge on any atom is 0.256 e. The second-order valence-corrected chi connectivity index (χ2v) is 8.53. The van der Waals surface area contributed by atoms with Gasteiger partial charge in [0, 0.05) is 16.5 Å². The van der Waals surface area contributed by atoms with E-state index in [0.717, 1.165) is 11.3 Å². The molecule has 2 N–H and O–H groups in total. The summed E-state index contributed by atoms with van der Waals surface area (Å²) in [4.78, 5) is 13.4. The minimum atomic E-state index is -3.59. The number of thiophene rings is 1. The summed E-state index contributed by atoms with van der Waals surface area (Å²) in [7, 11) is -3.59. The summed E-state index contributed by atoms with van der Waals surface area (Å²) >= 11 is 1.36. The molecule has 0 fully saturated rings. The summed E-state index contributed by atoms with van der Waals surface area (Å²) < 4.78 is 26.7. The number of benzene rings is 1. The maximum atomic E-state index is 12.3. The molecule has 0 aliphatic rings. The lowest BCUT2D eigenvalue weighted by Crippen LogP contribution is -2.30. The summed E-state index contributed by atoms with van der Waals surface area (Å²) in [5.41, 5.74) is 0.745. The van der Waals surface area contributed by atoms with Crippen LogP contribution in [0.4, 0.5) is 5.00 Å². The predicted octanol–water partition coefficient (Wildman–Crippen LogP) is 3.12. The van der Waals surface area contributed by atoms with E-state index in [2.05, 4.69) is 16.1 Å². The van der Waals surface area contributed by atoms with E-state index in [1.54, 1.807) is 19.9 Å². The molecule has 0 aliphatic heterocycles. The minimum Gasteiger partial charge on any atom is -0.312 e. The summed E-state index contributed by atoms with van der Waals surface area (Å²) in [6, 6.07) is 9.27. The molecule has 25 heavy (non-hydrogen) atoms. The highest BCUT2D eigenvalue weighted by atomic mass is 32.2. The molecule has 0 atom stereocenters. The Labute approximate surface area is 151 Å². The molecular weight excluding hydrogens is 358 g/mol. The first-order chi connectivity index (χ1) is 11.8. The Kier molecular flexibility index (Phi) is 5.95. The number of anilines is 1. The molecular formula is C17H19N3O3S2. The van der Waals surface area contributed by atoms with Crippen molar-refractivity contribution in [2.45, 2.75) is 38.1 Å². The topological polar surface area (TPSA) is 99.1 Å². The molecule has 0 radical (unpaired) electrons. The Bertz CT molecular complexity index is 908. The first-order valence-electron chi connectivity index (χ1n) is 7.73. The number of amides is 1. The largest absolute Gasteiger partial charge is 0.312 e. The van der Waals surface area contributed by atoms with E-state index >= 15 is 0 Å². The monoisotopic (exact) mass is 377 g/mol. The van der Waals surface area contributed by atoms with Gasteiger partial charge in [-0.15, -0.1) is 11.3 Å². The van der Waals surface area contributed by atoms with E-state index < -0.39 is 10.0 Å². The number of carbonyl (C=O) groups excluding carboxylic acids is 1. The van der Waals surface area contributed by atoms with Crippen LogP contribution in [0.15, 0.2) is 35.2 Å². The molecule has 2 aromatic rings. The van der Waals surface area contributed by atoms with Gasteiger partial charge in [0.1, 0.15) is 11.1 Å². The number of hydrogen-bond donors (Lipinski definition) is 2. The van der Waals surface area contributed by atoms with E-state index in [0.29, 0.717) is 16.1 Å². The van der Waals surface area contributed by atoms with Gasteiger partial charge in [0.05, 0.1) is 10.5 Å². The van der Waals surface area contributed by atoms with Crippen molar-refractivity contribution in [2.24, 2.45) is 0 Å². The molecule has 1 amide bonds. The van der Waals surface area contributed by atoms with Crippen LogP contribution in [0, 0.1) is 11.3 Å². The van der Waals surface area contributed by atoms with Crippen molar-refractivity contribution < 1.29 is 13.2 Å². The van der Waals surface area contributed by atoms with Crippen molar-refractivity contribution in [3.05, 3.63) is 46.3 Å². The maximum absolute atomic E-state index is 12.3. The highest BCUT2D eigenvalue weighted by Crippen LogP contribution is 2.28. The van der Waals surface area contributed by atoms with Crippen LogP contribution in [0.25, 0.3) is 0 Å². The molecule has 1 heterocycles. The standard InChI is InChI=1S/C17H19N3O3S2/c1-4-14-9-13(10-18)17(24-14)19-16(21)12-5-7-15(8-6-12)25(22,23)20-11(2)3/h5-9,11,20H,4H2,1-3H3,(H,19,21). The fraction of sp³-hybridized carbons (Fsp3) is 0.294. The van der Waals surface area contributed by atoms with E-state index in [1.807, 2.05) is 6.92 Å². The number of aryl methyl sites for hydroxylation is 1. The quantitative estimate of drug-likeness (QED) is 0.808. The van der Waals surface area contributed by atoms with Gasteiger partial charge >= 0.3 is 0 Å². The molecule has 0 aliphatic carbocycles. The van der Waals surface area contributed by atoms with E-state index in [4.69, 9.17) is 5.26 Å². The molecule has 0 unspecified atom stereocenters. The van der Waals surface area contributed by atoms with Crippen LogP contribution in [-0.2, 0) is 16.4 Å². The van der Waals surface area contributed by atoms with E-state index in [1.165, 1.54) is 35.6 Å². The Morgan fingerprint density at radius 3 is 2.44 bits per heavy atom. The fourth-order valence-electron chi connectivity index (χ4n) is 2.13. The Morgan fingerprint density at radius 1 is 1.28 bits per heavy atom. The third-order valence-electron chi connectivity index (χ3n) is 3.30. The van der Waals surface area contributed by atoms with Crippen molar-refractivity contribution in [1.82, 2.24) is 4.72 Å². The number of nitrogens with one attached hydrogen (secondary N) is 2. The van der Waals surface area contributed by atoms with Gasteiger partial charge in [-0.2, -0.15) is 5.26 Å². The van der Waals surface area contributed by atoms with Gasteiger partial charge in [0.25, 0.3) is 5.91 Å². The van der Waals surface area contributed by atoms with Crippen LogP contribution in [0.5, 0.6) is 0 Å². The van der Waals surface area contributed by atoms with Crippen molar-refractivity contribution in [3.8, 4) is 6.07 Å². The number of sulfonamides is 1. The van der Waals surface area contributed by atoms with Crippen LogP contribution in [0.3, 0.4) is 0 Å². The van der Waals surface area contributed by atoms with Crippen molar-refractivity contribution in [2.75, 3.05) is 5.32 Å².